The lowest BCUT2D eigenvalue weighted by atomic mass is 9.74. The Morgan fingerprint density at radius 2 is 2.00 bits per heavy atom. The van der Waals surface area contributed by atoms with Crippen LogP contribution in [0.15, 0.2) is 0 Å². The number of Topliss-reactive ketones (excluding diaryl/α,β-unsaturated/α-hetero) is 1. The minimum Gasteiger partial charge on any atom is -0.303 e. The molecule has 2 aliphatic rings. The molecule has 0 amide bonds. The smallest absolute Gasteiger partial charge is 0.137 e. The van der Waals surface area contributed by atoms with Crippen molar-refractivity contribution in [3.8, 4) is 0 Å². The largest absolute Gasteiger partial charge is 0.303 e. The van der Waals surface area contributed by atoms with Crippen LogP contribution in [0.3, 0.4) is 0 Å². The Morgan fingerprint density at radius 3 is 2.53 bits per heavy atom. The normalized spacial score (nSPS) is 36.3. The van der Waals surface area contributed by atoms with Crippen LogP contribution in [0.5, 0.6) is 0 Å². The minimum absolute atomic E-state index is 0.289. The first-order valence-electron chi connectivity index (χ1n) is 7.22. The van der Waals surface area contributed by atoms with Gasteiger partial charge in [-0.05, 0) is 51.0 Å². The summed E-state index contributed by atoms with van der Waals surface area (Å²) in [4.78, 5) is 14.6. The van der Waals surface area contributed by atoms with Crippen molar-refractivity contribution in [2.24, 2.45) is 23.7 Å². The Balaban J connectivity index is 1.90. The van der Waals surface area contributed by atoms with Gasteiger partial charge in [0.25, 0.3) is 0 Å². The van der Waals surface area contributed by atoms with Crippen molar-refractivity contribution in [2.75, 3.05) is 13.6 Å². The fraction of sp³-hybridized carbons (Fsp3) is 0.933. The fourth-order valence-electron chi connectivity index (χ4n) is 3.39. The summed E-state index contributed by atoms with van der Waals surface area (Å²) in [5.74, 6) is 2.86. The van der Waals surface area contributed by atoms with Crippen LogP contribution in [0.2, 0.25) is 0 Å². The molecule has 0 bridgehead atoms. The van der Waals surface area contributed by atoms with Crippen molar-refractivity contribution in [3.63, 3.8) is 0 Å². The zero-order chi connectivity index (χ0) is 12.6. The third-order valence-electron chi connectivity index (χ3n) is 4.91. The molecule has 0 aromatic rings. The SMILES string of the molecule is CC1CC(=O)C(CN(C)C(C)C2CC2)C(C)C1. The number of carbonyl (C=O) groups excluding carboxylic acids is 1. The molecule has 2 nitrogen and oxygen atoms in total. The highest BCUT2D eigenvalue weighted by molar-refractivity contribution is 5.82. The Morgan fingerprint density at radius 1 is 1.35 bits per heavy atom. The number of rotatable bonds is 4. The van der Waals surface area contributed by atoms with E-state index in [0.29, 0.717) is 23.7 Å². The van der Waals surface area contributed by atoms with Gasteiger partial charge in [0.1, 0.15) is 5.78 Å². The molecular weight excluding hydrogens is 210 g/mol. The second-order valence-corrected chi connectivity index (χ2v) is 6.61. The van der Waals surface area contributed by atoms with Crippen LogP contribution in [-0.4, -0.2) is 30.3 Å². The first kappa shape index (κ1) is 13.1. The molecule has 0 aromatic carbocycles. The van der Waals surface area contributed by atoms with Crippen LogP contribution >= 0.6 is 0 Å². The highest BCUT2D eigenvalue weighted by Gasteiger charge is 2.36. The van der Waals surface area contributed by atoms with Gasteiger partial charge in [-0.15, -0.1) is 0 Å². The van der Waals surface area contributed by atoms with E-state index in [2.05, 4.69) is 32.7 Å². The topological polar surface area (TPSA) is 20.3 Å². The van der Waals surface area contributed by atoms with Gasteiger partial charge < -0.3 is 4.90 Å². The van der Waals surface area contributed by atoms with Crippen molar-refractivity contribution >= 4 is 5.78 Å². The van der Waals surface area contributed by atoms with Gasteiger partial charge in [0.15, 0.2) is 0 Å². The molecule has 0 radical (unpaired) electrons. The molecule has 0 spiro atoms. The molecule has 2 rings (SSSR count). The molecule has 0 heterocycles. The van der Waals surface area contributed by atoms with Crippen molar-refractivity contribution in [2.45, 2.75) is 52.5 Å². The minimum atomic E-state index is 0.289. The maximum atomic E-state index is 12.1. The lowest BCUT2D eigenvalue weighted by Crippen LogP contribution is -2.42. The third kappa shape index (κ3) is 3.09. The zero-order valence-corrected chi connectivity index (χ0v) is 11.8. The van der Waals surface area contributed by atoms with Gasteiger partial charge >= 0.3 is 0 Å². The Hall–Kier alpha value is -0.370. The van der Waals surface area contributed by atoms with Crippen LogP contribution in [0.4, 0.5) is 0 Å². The first-order valence-corrected chi connectivity index (χ1v) is 7.22. The standard InChI is InChI=1S/C15H27NO/c1-10-7-11(2)14(15(17)8-10)9-16(4)12(3)13-5-6-13/h10-14H,5-9H2,1-4H3. The van der Waals surface area contributed by atoms with Crippen molar-refractivity contribution in [1.29, 1.82) is 0 Å². The second kappa shape index (κ2) is 5.09. The van der Waals surface area contributed by atoms with Gasteiger partial charge in [-0.1, -0.05) is 13.8 Å². The molecule has 17 heavy (non-hydrogen) atoms. The number of ketones is 1. The van der Waals surface area contributed by atoms with E-state index in [1.807, 2.05) is 0 Å². The van der Waals surface area contributed by atoms with Crippen LogP contribution in [0.25, 0.3) is 0 Å². The summed E-state index contributed by atoms with van der Waals surface area (Å²) in [5, 5.41) is 0. The van der Waals surface area contributed by atoms with Crippen molar-refractivity contribution < 1.29 is 4.79 Å². The monoisotopic (exact) mass is 237 g/mol. The molecule has 2 aliphatic carbocycles. The fourth-order valence-corrected chi connectivity index (χ4v) is 3.39. The number of hydrogen-bond donors (Lipinski definition) is 0. The summed E-state index contributed by atoms with van der Waals surface area (Å²) in [6.45, 7) is 7.76. The van der Waals surface area contributed by atoms with E-state index in [0.717, 1.165) is 18.9 Å². The number of nitrogens with zero attached hydrogens (tertiary/aromatic N) is 1. The summed E-state index contributed by atoms with van der Waals surface area (Å²) in [6, 6.07) is 0.661. The van der Waals surface area contributed by atoms with Crippen molar-refractivity contribution in [1.82, 2.24) is 4.90 Å². The molecule has 2 saturated carbocycles. The van der Waals surface area contributed by atoms with E-state index in [-0.39, 0.29) is 5.92 Å². The highest BCUT2D eigenvalue weighted by Crippen LogP contribution is 2.36. The third-order valence-corrected chi connectivity index (χ3v) is 4.91. The zero-order valence-electron chi connectivity index (χ0n) is 11.8. The quantitative estimate of drug-likeness (QED) is 0.749. The molecule has 2 fully saturated rings. The van der Waals surface area contributed by atoms with E-state index in [1.165, 1.54) is 19.3 Å². The Kier molecular flexibility index (Phi) is 3.92. The van der Waals surface area contributed by atoms with Gasteiger partial charge in [0.05, 0.1) is 0 Å². The maximum Gasteiger partial charge on any atom is 0.137 e. The van der Waals surface area contributed by atoms with Gasteiger partial charge in [-0.2, -0.15) is 0 Å². The highest BCUT2D eigenvalue weighted by atomic mass is 16.1. The average molecular weight is 237 g/mol. The molecule has 0 saturated heterocycles. The van der Waals surface area contributed by atoms with E-state index >= 15 is 0 Å². The van der Waals surface area contributed by atoms with Gasteiger partial charge in [0, 0.05) is 24.9 Å². The molecule has 0 N–H and O–H groups in total. The lowest BCUT2D eigenvalue weighted by Gasteiger charge is -2.36. The Bertz CT molecular complexity index is 285. The van der Waals surface area contributed by atoms with Gasteiger partial charge in [0.2, 0.25) is 0 Å². The number of carbonyl (C=O) groups is 1. The average Bonchev–Trinajstić information content (AvgIpc) is 3.05. The summed E-state index contributed by atoms with van der Waals surface area (Å²) < 4.78 is 0. The predicted octanol–water partition coefficient (Wildman–Crippen LogP) is 2.97. The molecular formula is C15H27NO. The molecule has 2 heteroatoms. The lowest BCUT2D eigenvalue weighted by molar-refractivity contribution is -0.128. The predicted molar refractivity (Wildman–Crippen MR) is 70.9 cm³/mol. The van der Waals surface area contributed by atoms with E-state index < -0.39 is 0 Å². The van der Waals surface area contributed by atoms with Crippen LogP contribution < -0.4 is 0 Å². The first-order chi connectivity index (χ1) is 7.99. The molecule has 98 valence electrons. The maximum absolute atomic E-state index is 12.1. The summed E-state index contributed by atoms with van der Waals surface area (Å²) in [7, 11) is 2.20. The van der Waals surface area contributed by atoms with Crippen molar-refractivity contribution in [3.05, 3.63) is 0 Å². The Labute approximate surface area is 106 Å². The number of hydrogen-bond acceptors (Lipinski definition) is 2. The molecule has 0 aromatic heterocycles. The van der Waals surface area contributed by atoms with E-state index in [4.69, 9.17) is 0 Å². The molecule has 4 atom stereocenters. The van der Waals surface area contributed by atoms with Crippen LogP contribution in [0, 0.1) is 23.7 Å². The van der Waals surface area contributed by atoms with Crippen LogP contribution in [0.1, 0.15) is 46.5 Å². The molecule has 0 aliphatic heterocycles. The van der Waals surface area contributed by atoms with E-state index in [9.17, 15) is 4.79 Å². The van der Waals surface area contributed by atoms with E-state index in [1.54, 1.807) is 0 Å². The molecule has 4 unspecified atom stereocenters. The summed E-state index contributed by atoms with van der Waals surface area (Å²) >= 11 is 0. The van der Waals surface area contributed by atoms with Crippen LogP contribution in [-0.2, 0) is 4.79 Å². The summed E-state index contributed by atoms with van der Waals surface area (Å²) in [5.41, 5.74) is 0. The second-order valence-electron chi connectivity index (χ2n) is 6.61. The van der Waals surface area contributed by atoms with Gasteiger partial charge in [-0.3, -0.25) is 4.79 Å². The van der Waals surface area contributed by atoms with Gasteiger partial charge in [-0.25, -0.2) is 0 Å². The summed E-state index contributed by atoms with van der Waals surface area (Å²) in [6.07, 6.45) is 4.80.